The SMILES string of the molecule is CN(C(=O)C1CCCCN1C(=O)c1ccco1)c1ccc(OCC(=O)O)cc1. The molecular formula is C20H22N2O6. The number of likely N-dealkylation sites (N-methyl/N-ethyl adjacent to an activating group) is 1. The molecule has 1 aromatic carbocycles. The number of ether oxygens (including phenoxy) is 1. The van der Waals surface area contributed by atoms with Gasteiger partial charge in [0.2, 0.25) is 5.91 Å². The first kappa shape index (κ1) is 19.5. The van der Waals surface area contributed by atoms with Crippen molar-refractivity contribution in [2.75, 3.05) is 25.1 Å². The van der Waals surface area contributed by atoms with Crippen molar-refractivity contribution in [3.63, 3.8) is 0 Å². The number of carbonyl (C=O) groups is 3. The van der Waals surface area contributed by atoms with Crippen LogP contribution in [0.25, 0.3) is 0 Å². The molecule has 3 rings (SSSR count). The molecule has 0 aliphatic carbocycles. The Kier molecular flexibility index (Phi) is 5.98. The van der Waals surface area contributed by atoms with Gasteiger partial charge in [-0.25, -0.2) is 4.79 Å². The molecule has 0 saturated carbocycles. The van der Waals surface area contributed by atoms with Crippen molar-refractivity contribution in [2.45, 2.75) is 25.3 Å². The van der Waals surface area contributed by atoms with Crippen molar-refractivity contribution in [1.82, 2.24) is 4.90 Å². The van der Waals surface area contributed by atoms with Crippen LogP contribution in [-0.2, 0) is 9.59 Å². The number of furan rings is 1. The Morgan fingerprint density at radius 1 is 1.21 bits per heavy atom. The van der Waals surface area contributed by atoms with Crippen LogP contribution in [0.1, 0.15) is 29.8 Å². The molecule has 0 spiro atoms. The molecule has 1 N–H and O–H groups in total. The summed E-state index contributed by atoms with van der Waals surface area (Å²) in [5.41, 5.74) is 0.628. The first-order valence-corrected chi connectivity index (χ1v) is 9.04. The number of carbonyl (C=O) groups excluding carboxylic acids is 2. The molecule has 8 heteroatoms. The molecule has 1 aliphatic heterocycles. The standard InChI is InChI=1S/C20H22N2O6/c1-21(14-7-9-15(10-8-14)28-13-18(23)24)19(25)16-5-2-3-11-22(16)20(26)17-6-4-12-27-17/h4,6-10,12,16H,2-3,5,11,13H2,1H3,(H,23,24). The number of hydrogen-bond acceptors (Lipinski definition) is 5. The van der Waals surface area contributed by atoms with Crippen LogP contribution in [-0.4, -0.2) is 54.0 Å². The fraction of sp³-hybridized carbons (Fsp3) is 0.350. The van der Waals surface area contributed by atoms with E-state index in [1.807, 2.05) is 0 Å². The molecule has 2 amide bonds. The van der Waals surface area contributed by atoms with Gasteiger partial charge in [0, 0.05) is 19.3 Å². The van der Waals surface area contributed by atoms with Crippen molar-refractivity contribution in [3.05, 3.63) is 48.4 Å². The third-order valence-corrected chi connectivity index (χ3v) is 4.70. The van der Waals surface area contributed by atoms with Crippen LogP contribution in [0, 0.1) is 0 Å². The molecule has 1 saturated heterocycles. The number of nitrogens with zero attached hydrogens (tertiary/aromatic N) is 2. The maximum atomic E-state index is 13.1. The molecule has 0 radical (unpaired) electrons. The number of benzene rings is 1. The van der Waals surface area contributed by atoms with Crippen LogP contribution < -0.4 is 9.64 Å². The van der Waals surface area contributed by atoms with Crippen LogP contribution in [0.4, 0.5) is 5.69 Å². The summed E-state index contributed by atoms with van der Waals surface area (Å²) in [4.78, 5) is 39.4. The number of piperidine rings is 1. The third-order valence-electron chi connectivity index (χ3n) is 4.70. The molecule has 28 heavy (non-hydrogen) atoms. The Bertz CT molecular complexity index is 831. The number of rotatable bonds is 6. The van der Waals surface area contributed by atoms with Gasteiger partial charge in [0.25, 0.3) is 5.91 Å². The Morgan fingerprint density at radius 3 is 2.61 bits per heavy atom. The summed E-state index contributed by atoms with van der Waals surface area (Å²) in [5, 5.41) is 8.66. The van der Waals surface area contributed by atoms with Gasteiger partial charge in [-0.2, -0.15) is 0 Å². The minimum Gasteiger partial charge on any atom is -0.482 e. The minimum absolute atomic E-state index is 0.182. The van der Waals surface area contributed by atoms with E-state index in [4.69, 9.17) is 14.3 Å². The van der Waals surface area contributed by atoms with Crippen molar-refractivity contribution >= 4 is 23.5 Å². The van der Waals surface area contributed by atoms with Crippen LogP contribution >= 0.6 is 0 Å². The van der Waals surface area contributed by atoms with Crippen LogP contribution in [0.2, 0.25) is 0 Å². The first-order valence-electron chi connectivity index (χ1n) is 9.04. The highest BCUT2D eigenvalue weighted by Gasteiger charge is 2.35. The second-order valence-electron chi connectivity index (χ2n) is 6.56. The number of likely N-dealkylation sites (tertiary alicyclic amines) is 1. The van der Waals surface area contributed by atoms with Gasteiger partial charge in [-0.1, -0.05) is 0 Å². The number of anilines is 1. The summed E-state index contributed by atoms with van der Waals surface area (Å²) >= 11 is 0. The van der Waals surface area contributed by atoms with Gasteiger partial charge in [0.15, 0.2) is 12.4 Å². The van der Waals surface area contributed by atoms with E-state index in [0.29, 0.717) is 24.4 Å². The highest BCUT2D eigenvalue weighted by atomic mass is 16.5. The zero-order valence-corrected chi connectivity index (χ0v) is 15.5. The summed E-state index contributed by atoms with van der Waals surface area (Å²) < 4.78 is 10.3. The van der Waals surface area contributed by atoms with Crippen LogP contribution in [0.3, 0.4) is 0 Å². The first-order chi connectivity index (χ1) is 13.5. The lowest BCUT2D eigenvalue weighted by Crippen LogP contribution is -2.52. The van der Waals surface area contributed by atoms with Crippen molar-refractivity contribution < 1.29 is 28.6 Å². The fourth-order valence-corrected chi connectivity index (χ4v) is 3.23. The van der Waals surface area contributed by atoms with E-state index >= 15 is 0 Å². The van der Waals surface area contributed by atoms with Crippen LogP contribution in [0.15, 0.2) is 47.1 Å². The lowest BCUT2D eigenvalue weighted by atomic mass is 10.00. The summed E-state index contributed by atoms with van der Waals surface area (Å²) in [6.07, 6.45) is 3.74. The molecule has 1 aromatic heterocycles. The fourth-order valence-electron chi connectivity index (χ4n) is 3.23. The van der Waals surface area contributed by atoms with E-state index in [9.17, 15) is 14.4 Å². The maximum Gasteiger partial charge on any atom is 0.341 e. The van der Waals surface area contributed by atoms with E-state index < -0.39 is 18.6 Å². The molecular weight excluding hydrogens is 364 g/mol. The Balaban J connectivity index is 1.71. The van der Waals surface area contributed by atoms with E-state index in [-0.39, 0.29) is 17.6 Å². The summed E-state index contributed by atoms with van der Waals surface area (Å²) in [6, 6.07) is 9.25. The summed E-state index contributed by atoms with van der Waals surface area (Å²) in [5.74, 6) is -0.899. The second kappa shape index (κ2) is 8.60. The Morgan fingerprint density at radius 2 is 1.96 bits per heavy atom. The number of amides is 2. The molecule has 2 aromatic rings. The van der Waals surface area contributed by atoms with E-state index in [0.717, 1.165) is 12.8 Å². The molecule has 2 heterocycles. The zero-order chi connectivity index (χ0) is 20.1. The maximum absolute atomic E-state index is 13.1. The average Bonchev–Trinajstić information content (AvgIpc) is 3.26. The van der Waals surface area contributed by atoms with Crippen LogP contribution in [0.5, 0.6) is 5.75 Å². The molecule has 1 fully saturated rings. The van der Waals surface area contributed by atoms with E-state index in [1.165, 1.54) is 11.2 Å². The van der Waals surface area contributed by atoms with Gasteiger partial charge in [0.1, 0.15) is 11.8 Å². The Hall–Kier alpha value is -3.29. The van der Waals surface area contributed by atoms with Gasteiger partial charge in [-0.3, -0.25) is 9.59 Å². The van der Waals surface area contributed by atoms with Gasteiger partial charge in [0.05, 0.1) is 6.26 Å². The summed E-state index contributed by atoms with van der Waals surface area (Å²) in [7, 11) is 1.65. The van der Waals surface area contributed by atoms with Gasteiger partial charge >= 0.3 is 5.97 Å². The molecule has 8 nitrogen and oxygen atoms in total. The molecule has 1 unspecified atom stereocenters. The topological polar surface area (TPSA) is 100 Å². The summed E-state index contributed by atoms with van der Waals surface area (Å²) in [6.45, 7) is 0.0752. The number of carboxylic acids is 1. The van der Waals surface area contributed by atoms with Crippen molar-refractivity contribution in [3.8, 4) is 5.75 Å². The number of aliphatic carboxylic acids is 1. The molecule has 0 bridgehead atoms. The molecule has 148 valence electrons. The second-order valence-corrected chi connectivity index (χ2v) is 6.56. The Labute approximate surface area is 162 Å². The van der Waals surface area contributed by atoms with Gasteiger partial charge in [-0.15, -0.1) is 0 Å². The monoisotopic (exact) mass is 386 g/mol. The van der Waals surface area contributed by atoms with Crippen molar-refractivity contribution in [2.24, 2.45) is 0 Å². The zero-order valence-electron chi connectivity index (χ0n) is 15.5. The van der Waals surface area contributed by atoms with Gasteiger partial charge in [-0.05, 0) is 55.7 Å². The quantitative estimate of drug-likeness (QED) is 0.818. The lowest BCUT2D eigenvalue weighted by molar-refractivity contribution is -0.139. The number of hydrogen-bond donors (Lipinski definition) is 1. The largest absolute Gasteiger partial charge is 0.482 e. The number of carboxylic acid groups (broad SMARTS) is 1. The smallest absolute Gasteiger partial charge is 0.341 e. The minimum atomic E-state index is -1.06. The van der Waals surface area contributed by atoms with Gasteiger partial charge < -0.3 is 24.1 Å². The molecule has 1 aliphatic rings. The van der Waals surface area contributed by atoms with E-state index in [1.54, 1.807) is 48.3 Å². The predicted molar refractivity (Wildman–Crippen MR) is 100 cm³/mol. The average molecular weight is 386 g/mol. The lowest BCUT2D eigenvalue weighted by Gasteiger charge is -2.36. The third kappa shape index (κ3) is 4.33. The highest BCUT2D eigenvalue weighted by molar-refractivity contribution is 6.01. The van der Waals surface area contributed by atoms with Crippen molar-refractivity contribution in [1.29, 1.82) is 0 Å². The highest BCUT2D eigenvalue weighted by Crippen LogP contribution is 2.25. The van der Waals surface area contributed by atoms with E-state index in [2.05, 4.69) is 0 Å². The predicted octanol–water partition coefficient (Wildman–Crippen LogP) is 2.40. The normalized spacial score (nSPS) is 16.5. The molecule has 1 atom stereocenters.